The highest BCUT2D eigenvalue weighted by molar-refractivity contribution is 5.88. The van der Waals surface area contributed by atoms with Gasteiger partial charge in [0, 0.05) is 18.2 Å². The number of hydrogen-bond donors (Lipinski definition) is 3. The van der Waals surface area contributed by atoms with Crippen molar-refractivity contribution in [3.8, 4) is 5.75 Å². The molecule has 0 amide bonds. The summed E-state index contributed by atoms with van der Waals surface area (Å²) in [5.74, 6) is -0.972. The van der Waals surface area contributed by atoms with E-state index in [0.29, 0.717) is 0 Å². The monoisotopic (exact) mass is 179 g/mol. The molecular weight excluding hydrogens is 170 g/mol. The van der Waals surface area contributed by atoms with Crippen LogP contribution in [-0.4, -0.2) is 22.7 Å². The summed E-state index contributed by atoms with van der Waals surface area (Å²) in [6.45, 7) is 0.847. The van der Waals surface area contributed by atoms with E-state index < -0.39 is 5.97 Å². The summed E-state index contributed by atoms with van der Waals surface area (Å²) < 4.78 is 0. The van der Waals surface area contributed by atoms with Gasteiger partial charge in [-0.1, -0.05) is 6.07 Å². The predicted molar refractivity (Wildman–Crippen MR) is 45.8 cm³/mol. The second-order valence-corrected chi connectivity index (χ2v) is 3.04. The second-order valence-electron chi connectivity index (χ2n) is 3.04. The van der Waals surface area contributed by atoms with Crippen molar-refractivity contribution in [1.82, 2.24) is 5.32 Å². The number of aromatic carboxylic acids is 1. The highest BCUT2D eigenvalue weighted by atomic mass is 16.4. The summed E-state index contributed by atoms with van der Waals surface area (Å²) in [5, 5.41) is 21.1. The van der Waals surface area contributed by atoms with Gasteiger partial charge in [-0.05, 0) is 12.1 Å². The van der Waals surface area contributed by atoms with E-state index in [9.17, 15) is 9.90 Å². The first kappa shape index (κ1) is 8.07. The fourth-order valence-corrected chi connectivity index (χ4v) is 1.25. The average Bonchev–Trinajstić information content (AvgIpc) is 2.87. The van der Waals surface area contributed by atoms with E-state index in [1.165, 1.54) is 12.1 Å². The zero-order valence-electron chi connectivity index (χ0n) is 6.82. The van der Waals surface area contributed by atoms with Gasteiger partial charge >= 0.3 is 5.97 Å². The van der Waals surface area contributed by atoms with Crippen LogP contribution in [0.4, 0.5) is 0 Å². The third-order valence-electron chi connectivity index (χ3n) is 2.06. The maximum absolute atomic E-state index is 10.5. The molecule has 1 saturated heterocycles. The van der Waals surface area contributed by atoms with Crippen molar-refractivity contribution in [2.75, 3.05) is 6.54 Å². The molecule has 2 rings (SSSR count). The molecule has 13 heavy (non-hydrogen) atoms. The van der Waals surface area contributed by atoms with Gasteiger partial charge in [-0.15, -0.1) is 0 Å². The molecule has 3 N–H and O–H groups in total. The van der Waals surface area contributed by atoms with Crippen LogP contribution < -0.4 is 5.32 Å². The number of benzene rings is 1. The maximum Gasteiger partial charge on any atom is 0.335 e. The smallest absolute Gasteiger partial charge is 0.335 e. The van der Waals surface area contributed by atoms with Gasteiger partial charge in [0.25, 0.3) is 0 Å². The van der Waals surface area contributed by atoms with Crippen LogP contribution in [0.2, 0.25) is 0 Å². The van der Waals surface area contributed by atoms with Gasteiger partial charge in [-0.2, -0.15) is 0 Å². The molecule has 1 aliphatic rings. The molecule has 1 aromatic rings. The van der Waals surface area contributed by atoms with Gasteiger partial charge in [0.1, 0.15) is 5.75 Å². The lowest BCUT2D eigenvalue weighted by molar-refractivity contribution is 0.0696. The fraction of sp³-hybridized carbons (Fsp3) is 0.222. The summed E-state index contributed by atoms with van der Waals surface area (Å²) in [5.41, 5.74) is 0.881. The van der Waals surface area contributed by atoms with Crippen LogP contribution in [0.1, 0.15) is 22.0 Å². The number of carboxylic acids is 1. The molecule has 0 unspecified atom stereocenters. The van der Waals surface area contributed by atoms with Gasteiger partial charge in [0.05, 0.1) is 5.56 Å². The summed E-state index contributed by atoms with van der Waals surface area (Å²) in [6.07, 6.45) is 0. The van der Waals surface area contributed by atoms with Crippen molar-refractivity contribution in [3.05, 3.63) is 29.3 Å². The van der Waals surface area contributed by atoms with Gasteiger partial charge in [0.2, 0.25) is 0 Å². The second kappa shape index (κ2) is 2.74. The molecule has 4 nitrogen and oxygen atoms in total. The zero-order chi connectivity index (χ0) is 9.42. The average molecular weight is 179 g/mol. The molecule has 0 saturated carbocycles. The zero-order valence-corrected chi connectivity index (χ0v) is 6.82. The summed E-state index contributed by atoms with van der Waals surface area (Å²) >= 11 is 0. The number of carboxylic acid groups (broad SMARTS) is 1. The Bertz CT molecular complexity index is 358. The lowest BCUT2D eigenvalue weighted by Crippen LogP contribution is -1.96. The standard InChI is InChI=1S/C9H9NO3/c11-8-3-5(9(12)13)1-2-6(8)7-4-10-7/h1-3,7,10-11H,4H2,(H,12,13)/t7-/m1/s1. The largest absolute Gasteiger partial charge is 0.508 e. The van der Waals surface area contributed by atoms with Crippen LogP contribution in [0.3, 0.4) is 0 Å². The molecule has 1 fully saturated rings. The fourth-order valence-electron chi connectivity index (χ4n) is 1.25. The summed E-state index contributed by atoms with van der Waals surface area (Å²) in [4.78, 5) is 10.5. The first-order valence-corrected chi connectivity index (χ1v) is 3.98. The first-order chi connectivity index (χ1) is 6.18. The lowest BCUT2D eigenvalue weighted by atomic mass is 10.1. The highest BCUT2D eigenvalue weighted by Crippen LogP contribution is 2.30. The highest BCUT2D eigenvalue weighted by Gasteiger charge is 2.25. The summed E-state index contributed by atoms with van der Waals surface area (Å²) in [6, 6.07) is 4.61. The minimum absolute atomic E-state index is 0.0508. The third kappa shape index (κ3) is 1.48. The molecule has 1 aliphatic heterocycles. The minimum Gasteiger partial charge on any atom is -0.508 e. The van der Waals surface area contributed by atoms with Crippen molar-refractivity contribution >= 4 is 5.97 Å². The van der Waals surface area contributed by atoms with E-state index in [0.717, 1.165) is 12.1 Å². The Kier molecular flexibility index (Phi) is 1.70. The van der Waals surface area contributed by atoms with Crippen LogP contribution >= 0.6 is 0 Å². The van der Waals surface area contributed by atoms with Crippen molar-refractivity contribution in [2.24, 2.45) is 0 Å². The molecule has 0 bridgehead atoms. The lowest BCUT2D eigenvalue weighted by Gasteiger charge is -2.02. The number of nitrogens with one attached hydrogen (secondary N) is 1. The summed E-state index contributed by atoms with van der Waals surface area (Å²) in [7, 11) is 0. The number of aromatic hydroxyl groups is 1. The molecule has 1 heterocycles. The topological polar surface area (TPSA) is 79.5 Å². The van der Waals surface area contributed by atoms with E-state index in [-0.39, 0.29) is 17.4 Å². The number of carbonyl (C=O) groups is 1. The number of phenols is 1. The third-order valence-corrected chi connectivity index (χ3v) is 2.06. The Labute approximate surface area is 74.8 Å². The molecule has 0 radical (unpaired) electrons. The molecule has 4 heteroatoms. The van der Waals surface area contributed by atoms with E-state index in [4.69, 9.17) is 5.11 Å². The number of phenolic OH excluding ortho intramolecular Hbond substituents is 1. The molecular formula is C9H9NO3. The Hall–Kier alpha value is -1.55. The SMILES string of the molecule is O=C(O)c1ccc([C@H]2CN2)c(O)c1. The van der Waals surface area contributed by atoms with Gasteiger partial charge in [-0.25, -0.2) is 4.79 Å². The Balaban J connectivity index is 2.36. The van der Waals surface area contributed by atoms with Gasteiger partial charge in [0.15, 0.2) is 0 Å². The van der Waals surface area contributed by atoms with Crippen LogP contribution in [0.25, 0.3) is 0 Å². The van der Waals surface area contributed by atoms with E-state index in [1.54, 1.807) is 6.07 Å². The minimum atomic E-state index is -1.02. The molecule has 1 atom stereocenters. The van der Waals surface area contributed by atoms with E-state index >= 15 is 0 Å². The molecule has 68 valence electrons. The van der Waals surface area contributed by atoms with Crippen molar-refractivity contribution in [1.29, 1.82) is 0 Å². The molecule has 0 aromatic heterocycles. The van der Waals surface area contributed by atoms with Crippen molar-refractivity contribution < 1.29 is 15.0 Å². The Morgan fingerprint density at radius 1 is 1.54 bits per heavy atom. The van der Waals surface area contributed by atoms with Gasteiger partial charge < -0.3 is 15.5 Å². The predicted octanol–water partition coefficient (Wildman–Crippen LogP) is 0.735. The van der Waals surface area contributed by atoms with E-state index in [2.05, 4.69) is 5.32 Å². The van der Waals surface area contributed by atoms with Crippen LogP contribution in [0, 0.1) is 0 Å². The number of hydrogen-bond acceptors (Lipinski definition) is 3. The van der Waals surface area contributed by atoms with Gasteiger partial charge in [-0.3, -0.25) is 0 Å². The normalized spacial score (nSPS) is 19.8. The molecule has 0 spiro atoms. The van der Waals surface area contributed by atoms with Crippen molar-refractivity contribution in [3.63, 3.8) is 0 Å². The molecule has 1 aromatic carbocycles. The van der Waals surface area contributed by atoms with Crippen LogP contribution in [0.5, 0.6) is 5.75 Å². The van der Waals surface area contributed by atoms with Crippen molar-refractivity contribution in [2.45, 2.75) is 6.04 Å². The molecule has 0 aliphatic carbocycles. The van der Waals surface area contributed by atoms with E-state index in [1.807, 2.05) is 0 Å². The Morgan fingerprint density at radius 2 is 2.23 bits per heavy atom. The number of rotatable bonds is 2. The van der Waals surface area contributed by atoms with Crippen LogP contribution in [-0.2, 0) is 0 Å². The first-order valence-electron chi connectivity index (χ1n) is 3.98. The van der Waals surface area contributed by atoms with Crippen LogP contribution in [0.15, 0.2) is 18.2 Å². The maximum atomic E-state index is 10.5. The quantitative estimate of drug-likeness (QED) is 0.585. The Morgan fingerprint density at radius 3 is 2.69 bits per heavy atom.